The maximum absolute atomic E-state index is 10.9. The molecule has 0 fully saturated rings. The molecule has 0 aromatic heterocycles. The van der Waals surface area contributed by atoms with Crippen LogP contribution in [0.3, 0.4) is 0 Å². The van der Waals surface area contributed by atoms with Crippen molar-refractivity contribution >= 4 is 11.6 Å². The molecule has 0 spiro atoms. The molecule has 2 atom stereocenters. The summed E-state index contributed by atoms with van der Waals surface area (Å²) in [5.74, 6) is 0.0925. The zero-order valence-electron chi connectivity index (χ0n) is 8.95. The second-order valence-electron chi connectivity index (χ2n) is 4.15. The Morgan fingerprint density at radius 3 is 2.93 bits per heavy atom. The summed E-state index contributed by atoms with van der Waals surface area (Å²) >= 11 is 0. The van der Waals surface area contributed by atoms with Gasteiger partial charge in [-0.05, 0) is 29.7 Å². The fraction of sp³-hybridized carbons (Fsp3) is 0.417. The molecular formula is C12H15NO2. The number of benzene rings is 1. The van der Waals surface area contributed by atoms with Gasteiger partial charge in [-0.15, -0.1) is 0 Å². The zero-order valence-corrected chi connectivity index (χ0v) is 8.95. The van der Waals surface area contributed by atoms with Crippen LogP contribution >= 0.6 is 0 Å². The van der Waals surface area contributed by atoms with Gasteiger partial charge in [0.05, 0.1) is 6.10 Å². The van der Waals surface area contributed by atoms with E-state index in [1.165, 1.54) is 12.5 Å². The van der Waals surface area contributed by atoms with Crippen molar-refractivity contribution < 1.29 is 9.90 Å². The van der Waals surface area contributed by atoms with Crippen molar-refractivity contribution in [3.05, 3.63) is 29.3 Å². The normalized spacial score (nSPS) is 23.7. The maximum atomic E-state index is 10.9. The second-order valence-corrected chi connectivity index (χ2v) is 4.15. The molecule has 2 rings (SSSR count). The Balaban J connectivity index is 2.31. The first-order chi connectivity index (χ1) is 7.08. The van der Waals surface area contributed by atoms with Gasteiger partial charge in [0.1, 0.15) is 0 Å². The van der Waals surface area contributed by atoms with Crippen LogP contribution in [0.4, 0.5) is 5.69 Å². The average molecular weight is 205 g/mol. The lowest BCUT2D eigenvalue weighted by molar-refractivity contribution is -0.114. The highest BCUT2D eigenvalue weighted by Gasteiger charge is 2.27. The number of nitrogens with one attached hydrogen (secondary N) is 1. The Kier molecular flexibility index (Phi) is 2.49. The number of rotatable bonds is 1. The van der Waals surface area contributed by atoms with Crippen molar-refractivity contribution in [1.29, 1.82) is 0 Å². The predicted molar refractivity (Wildman–Crippen MR) is 58.9 cm³/mol. The van der Waals surface area contributed by atoms with E-state index in [9.17, 15) is 9.90 Å². The van der Waals surface area contributed by atoms with Crippen molar-refractivity contribution in [2.24, 2.45) is 0 Å². The molecule has 2 N–H and O–H groups in total. The second kappa shape index (κ2) is 3.66. The van der Waals surface area contributed by atoms with Gasteiger partial charge < -0.3 is 10.4 Å². The molecule has 1 aliphatic rings. The quantitative estimate of drug-likeness (QED) is 0.732. The number of hydrogen-bond donors (Lipinski definition) is 2. The summed E-state index contributed by atoms with van der Waals surface area (Å²) in [5, 5.41) is 12.5. The molecule has 3 heteroatoms. The van der Waals surface area contributed by atoms with Gasteiger partial charge in [-0.2, -0.15) is 0 Å². The van der Waals surface area contributed by atoms with Crippen molar-refractivity contribution in [3.63, 3.8) is 0 Å². The van der Waals surface area contributed by atoms with Crippen LogP contribution in [0.2, 0.25) is 0 Å². The molecule has 0 aliphatic heterocycles. The van der Waals surface area contributed by atoms with Crippen molar-refractivity contribution in [2.45, 2.75) is 32.3 Å². The van der Waals surface area contributed by atoms with Gasteiger partial charge >= 0.3 is 0 Å². The van der Waals surface area contributed by atoms with Crippen LogP contribution in [0.5, 0.6) is 0 Å². The molecule has 1 aromatic rings. The molecule has 1 unspecified atom stereocenters. The molecule has 0 heterocycles. The first-order valence-electron chi connectivity index (χ1n) is 5.16. The highest BCUT2D eigenvalue weighted by atomic mass is 16.3. The highest BCUT2D eigenvalue weighted by molar-refractivity contribution is 5.88. The molecule has 0 saturated heterocycles. The lowest BCUT2D eigenvalue weighted by Crippen LogP contribution is -2.09. The number of anilines is 1. The van der Waals surface area contributed by atoms with E-state index in [1.54, 1.807) is 0 Å². The summed E-state index contributed by atoms with van der Waals surface area (Å²) in [6.07, 6.45) is 0.434. The molecule has 3 nitrogen and oxygen atoms in total. The third-order valence-corrected chi connectivity index (χ3v) is 2.96. The fourth-order valence-corrected chi connectivity index (χ4v) is 2.10. The van der Waals surface area contributed by atoms with Crippen LogP contribution in [0.25, 0.3) is 0 Å². The Hall–Kier alpha value is -1.35. The lowest BCUT2D eigenvalue weighted by atomic mass is 10.0. The molecule has 0 bridgehead atoms. The number of aliphatic hydroxyl groups excluding tert-OH is 1. The Morgan fingerprint density at radius 1 is 1.53 bits per heavy atom. The van der Waals surface area contributed by atoms with E-state index >= 15 is 0 Å². The molecular weight excluding hydrogens is 190 g/mol. The standard InChI is InChI=1S/C12H15NO2/c1-7-11-6-10(13-8(2)14)4-3-9(11)5-12(7)15/h3-4,6-7,12,15H,5H2,1-2H3,(H,13,14)/t7-,12?/m1/s1. The number of carbonyl (C=O) groups is 1. The Labute approximate surface area is 89.1 Å². The van der Waals surface area contributed by atoms with Crippen LogP contribution < -0.4 is 5.32 Å². The van der Waals surface area contributed by atoms with Gasteiger partial charge in [0.25, 0.3) is 0 Å². The molecule has 1 aliphatic carbocycles. The zero-order chi connectivity index (χ0) is 11.0. The van der Waals surface area contributed by atoms with E-state index in [1.807, 2.05) is 25.1 Å². The van der Waals surface area contributed by atoms with Gasteiger partial charge in [0.2, 0.25) is 5.91 Å². The van der Waals surface area contributed by atoms with Crippen LogP contribution in [0, 0.1) is 0 Å². The topological polar surface area (TPSA) is 49.3 Å². The van der Waals surface area contributed by atoms with E-state index in [4.69, 9.17) is 0 Å². The number of aliphatic hydroxyl groups is 1. The molecule has 1 aromatic carbocycles. The number of amides is 1. The lowest BCUT2D eigenvalue weighted by Gasteiger charge is -2.10. The summed E-state index contributed by atoms with van der Waals surface area (Å²) in [7, 11) is 0. The fourth-order valence-electron chi connectivity index (χ4n) is 2.10. The van der Waals surface area contributed by atoms with Crippen molar-refractivity contribution in [2.75, 3.05) is 5.32 Å². The largest absolute Gasteiger partial charge is 0.392 e. The van der Waals surface area contributed by atoms with E-state index in [0.717, 1.165) is 17.7 Å². The van der Waals surface area contributed by atoms with Gasteiger partial charge in [-0.3, -0.25) is 4.79 Å². The average Bonchev–Trinajstić information content (AvgIpc) is 2.43. The molecule has 0 radical (unpaired) electrons. The maximum Gasteiger partial charge on any atom is 0.221 e. The van der Waals surface area contributed by atoms with E-state index in [2.05, 4.69) is 5.32 Å². The molecule has 0 saturated carbocycles. The smallest absolute Gasteiger partial charge is 0.221 e. The van der Waals surface area contributed by atoms with Gasteiger partial charge in [0.15, 0.2) is 0 Å². The Bertz CT molecular complexity index is 401. The molecule has 1 amide bonds. The first-order valence-corrected chi connectivity index (χ1v) is 5.16. The highest BCUT2D eigenvalue weighted by Crippen LogP contribution is 2.34. The van der Waals surface area contributed by atoms with Gasteiger partial charge in [-0.25, -0.2) is 0 Å². The predicted octanol–water partition coefficient (Wildman–Crippen LogP) is 1.67. The summed E-state index contributed by atoms with van der Waals surface area (Å²) in [6, 6.07) is 5.82. The van der Waals surface area contributed by atoms with Crippen molar-refractivity contribution in [1.82, 2.24) is 0 Å². The number of hydrogen-bond acceptors (Lipinski definition) is 2. The minimum absolute atomic E-state index is 0.0684. The number of carbonyl (C=O) groups excluding carboxylic acids is 1. The van der Waals surface area contributed by atoms with Crippen molar-refractivity contribution in [3.8, 4) is 0 Å². The summed E-state index contributed by atoms with van der Waals surface area (Å²) < 4.78 is 0. The van der Waals surface area contributed by atoms with Crippen LogP contribution in [0.1, 0.15) is 30.9 Å². The van der Waals surface area contributed by atoms with Crippen LogP contribution in [-0.2, 0) is 11.2 Å². The first kappa shape index (κ1) is 10.2. The minimum Gasteiger partial charge on any atom is -0.392 e. The van der Waals surface area contributed by atoms with Gasteiger partial charge in [0, 0.05) is 18.5 Å². The summed E-state index contributed by atoms with van der Waals surface area (Å²) in [4.78, 5) is 10.9. The van der Waals surface area contributed by atoms with Crippen LogP contribution in [-0.4, -0.2) is 17.1 Å². The summed E-state index contributed by atoms with van der Waals surface area (Å²) in [5.41, 5.74) is 3.14. The minimum atomic E-state index is -0.285. The molecule has 80 valence electrons. The summed E-state index contributed by atoms with van der Waals surface area (Å²) in [6.45, 7) is 3.50. The van der Waals surface area contributed by atoms with E-state index < -0.39 is 0 Å². The molecule has 15 heavy (non-hydrogen) atoms. The SMILES string of the molecule is CC(=O)Nc1ccc2c(c1)[C@@H](C)C(O)C2. The van der Waals surface area contributed by atoms with Gasteiger partial charge in [-0.1, -0.05) is 13.0 Å². The number of fused-ring (bicyclic) bond motifs is 1. The third-order valence-electron chi connectivity index (χ3n) is 2.96. The monoisotopic (exact) mass is 205 g/mol. The van der Waals surface area contributed by atoms with E-state index in [-0.39, 0.29) is 17.9 Å². The Morgan fingerprint density at radius 2 is 2.27 bits per heavy atom. The van der Waals surface area contributed by atoms with E-state index in [0.29, 0.717) is 0 Å². The third kappa shape index (κ3) is 1.88. The van der Waals surface area contributed by atoms with Crippen LogP contribution in [0.15, 0.2) is 18.2 Å².